The zero-order valence-corrected chi connectivity index (χ0v) is 10.5. The van der Waals surface area contributed by atoms with Gasteiger partial charge in [0.15, 0.2) is 0 Å². The van der Waals surface area contributed by atoms with E-state index in [4.69, 9.17) is 5.73 Å². The fraction of sp³-hybridized carbons (Fsp3) is 0.750. The minimum atomic E-state index is 0.345. The SMILES string of the molecule is CCC(N)CCCNc1ccnn1C1CNC1. The van der Waals surface area contributed by atoms with Crippen LogP contribution in [0.3, 0.4) is 0 Å². The minimum absolute atomic E-state index is 0.345. The summed E-state index contributed by atoms with van der Waals surface area (Å²) in [5, 5.41) is 11.1. The van der Waals surface area contributed by atoms with Gasteiger partial charge in [0.25, 0.3) is 0 Å². The lowest BCUT2D eigenvalue weighted by Crippen LogP contribution is -2.44. The Morgan fingerprint density at radius 1 is 1.65 bits per heavy atom. The van der Waals surface area contributed by atoms with Gasteiger partial charge in [0.2, 0.25) is 0 Å². The Labute approximate surface area is 103 Å². The third kappa shape index (κ3) is 3.20. The largest absolute Gasteiger partial charge is 0.370 e. The van der Waals surface area contributed by atoms with Crippen LogP contribution >= 0.6 is 0 Å². The second-order valence-electron chi connectivity index (χ2n) is 4.71. The zero-order valence-electron chi connectivity index (χ0n) is 10.5. The second-order valence-corrected chi connectivity index (χ2v) is 4.71. The molecule has 96 valence electrons. The second kappa shape index (κ2) is 6.02. The van der Waals surface area contributed by atoms with E-state index in [1.54, 1.807) is 0 Å². The highest BCUT2D eigenvalue weighted by Crippen LogP contribution is 2.17. The van der Waals surface area contributed by atoms with Gasteiger partial charge >= 0.3 is 0 Å². The Morgan fingerprint density at radius 3 is 3.12 bits per heavy atom. The van der Waals surface area contributed by atoms with Crippen LogP contribution in [0, 0.1) is 0 Å². The molecule has 0 spiro atoms. The fourth-order valence-corrected chi connectivity index (χ4v) is 1.98. The average Bonchev–Trinajstić information content (AvgIpc) is 2.70. The number of hydrogen-bond acceptors (Lipinski definition) is 4. The average molecular weight is 237 g/mol. The zero-order chi connectivity index (χ0) is 12.1. The van der Waals surface area contributed by atoms with Gasteiger partial charge in [0.1, 0.15) is 5.82 Å². The van der Waals surface area contributed by atoms with Gasteiger partial charge in [0.05, 0.1) is 12.2 Å². The molecule has 1 unspecified atom stereocenters. The molecule has 5 nitrogen and oxygen atoms in total. The van der Waals surface area contributed by atoms with Crippen LogP contribution in [0.15, 0.2) is 12.3 Å². The van der Waals surface area contributed by atoms with E-state index in [0.717, 1.165) is 44.7 Å². The summed E-state index contributed by atoms with van der Waals surface area (Å²) in [5.41, 5.74) is 5.89. The summed E-state index contributed by atoms with van der Waals surface area (Å²) < 4.78 is 2.08. The van der Waals surface area contributed by atoms with E-state index >= 15 is 0 Å². The molecule has 0 amide bonds. The number of nitrogens with two attached hydrogens (primary N) is 1. The third-order valence-corrected chi connectivity index (χ3v) is 3.36. The highest BCUT2D eigenvalue weighted by molar-refractivity contribution is 5.34. The van der Waals surface area contributed by atoms with Gasteiger partial charge in [-0.15, -0.1) is 0 Å². The van der Waals surface area contributed by atoms with Gasteiger partial charge < -0.3 is 16.4 Å². The van der Waals surface area contributed by atoms with Crippen molar-refractivity contribution in [3.05, 3.63) is 12.3 Å². The Balaban J connectivity index is 1.73. The molecular weight excluding hydrogens is 214 g/mol. The van der Waals surface area contributed by atoms with Crippen LogP contribution in [-0.4, -0.2) is 35.5 Å². The van der Waals surface area contributed by atoms with Crippen molar-refractivity contribution in [3.63, 3.8) is 0 Å². The molecule has 1 fully saturated rings. The summed E-state index contributed by atoms with van der Waals surface area (Å²) in [6.07, 6.45) is 5.12. The monoisotopic (exact) mass is 237 g/mol. The first kappa shape index (κ1) is 12.4. The first-order valence-corrected chi connectivity index (χ1v) is 6.55. The van der Waals surface area contributed by atoms with Crippen LogP contribution in [0.4, 0.5) is 5.82 Å². The number of aromatic nitrogens is 2. The lowest BCUT2D eigenvalue weighted by atomic mass is 10.1. The van der Waals surface area contributed by atoms with Gasteiger partial charge in [-0.3, -0.25) is 0 Å². The summed E-state index contributed by atoms with van der Waals surface area (Å²) in [4.78, 5) is 0. The van der Waals surface area contributed by atoms with E-state index < -0.39 is 0 Å². The van der Waals surface area contributed by atoms with Crippen molar-refractivity contribution < 1.29 is 0 Å². The molecule has 1 atom stereocenters. The van der Waals surface area contributed by atoms with E-state index in [2.05, 4.69) is 27.3 Å². The molecular formula is C12H23N5. The quantitative estimate of drug-likeness (QED) is 0.618. The van der Waals surface area contributed by atoms with Crippen molar-refractivity contribution in [2.24, 2.45) is 5.73 Å². The molecule has 1 saturated heterocycles. The van der Waals surface area contributed by atoms with Crippen molar-refractivity contribution >= 4 is 5.82 Å². The predicted octanol–water partition coefficient (Wildman–Crippen LogP) is 0.957. The van der Waals surface area contributed by atoms with Crippen LogP contribution < -0.4 is 16.4 Å². The molecule has 1 aliphatic rings. The van der Waals surface area contributed by atoms with Crippen LogP contribution in [0.25, 0.3) is 0 Å². The Bertz CT molecular complexity index is 331. The van der Waals surface area contributed by atoms with Crippen LogP contribution in [-0.2, 0) is 0 Å². The molecule has 0 radical (unpaired) electrons. The lowest BCUT2D eigenvalue weighted by molar-refractivity contribution is 0.321. The molecule has 1 aromatic heterocycles. The molecule has 0 saturated carbocycles. The molecule has 1 aliphatic heterocycles. The summed E-state index contributed by atoms with van der Waals surface area (Å²) in [6.45, 7) is 5.16. The molecule has 5 heteroatoms. The van der Waals surface area contributed by atoms with Crippen molar-refractivity contribution in [1.29, 1.82) is 0 Å². The first-order valence-electron chi connectivity index (χ1n) is 6.55. The van der Waals surface area contributed by atoms with Gasteiger partial charge in [-0.05, 0) is 19.3 Å². The van der Waals surface area contributed by atoms with Gasteiger partial charge in [0, 0.05) is 31.7 Å². The molecule has 0 aromatic carbocycles. The summed E-state index contributed by atoms with van der Waals surface area (Å²) in [5.74, 6) is 1.13. The number of nitrogens with zero attached hydrogens (tertiary/aromatic N) is 2. The van der Waals surface area contributed by atoms with Crippen molar-refractivity contribution in [3.8, 4) is 0 Å². The van der Waals surface area contributed by atoms with Crippen LogP contribution in [0.1, 0.15) is 32.2 Å². The maximum absolute atomic E-state index is 5.89. The van der Waals surface area contributed by atoms with Crippen molar-refractivity contribution in [2.75, 3.05) is 25.0 Å². The van der Waals surface area contributed by atoms with Crippen molar-refractivity contribution in [1.82, 2.24) is 15.1 Å². The molecule has 0 aliphatic carbocycles. The standard InChI is InChI=1S/C12H23N5/c1-2-10(13)4-3-6-15-12-5-7-16-17(12)11-8-14-9-11/h5,7,10-11,14-15H,2-4,6,8-9,13H2,1H3. The van der Waals surface area contributed by atoms with Crippen molar-refractivity contribution in [2.45, 2.75) is 38.3 Å². The topological polar surface area (TPSA) is 67.9 Å². The molecule has 2 rings (SSSR count). The minimum Gasteiger partial charge on any atom is -0.370 e. The number of hydrogen-bond donors (Lipinski definition) is 3. The first-order chi connectivity index (χ1) is 8.31. The van der Waals surface area contributed by atoms with E-state index in [0.29, 0.717) is 12.1 Å². The van der Waals surface area contributed by atoms with E-state index in [-0.39, 0.29) is 0 Å². The maximum atomic E-state index is 5.89. The highest BCUT2D eigenvalue weighted by Gasteiger charge is 2.21. The highest BCUT2D eigenvalue weighted by atomic mass is 15.4. The molecule has 1 aromatic rings. The summed E-state index contributed by atoms with van der Waals surface area (Å²) in [7, 11) is 0. The number of anilines is 1. The predicted molar refractivity (Wildman–Crippen MR) is 70.1 cm³/mol. The molecule has 0 bridgehead atoms. The maximum Gasteiger partial charge on any atom is 0.124 e. The van der Waals surface area contributed by atoms with Gasteiger partial charge in [-0.1, -0.05) is 6.92 Å². The molecule has 17 heavy (non-hydrogen) atoms. The van der Waals surface area contributed by atoms with Gasteiger partial charge in [-0.2, -0.15) is 5.10 Å². The Hall–Kier alpha value is -1.07. The lowest BCUT2D eigenvalue weighted by Gasteiger charge is -2.29. The fourth-order valence-electron chi connectivity index (χ4n) is 1.98. The van der Waals surface area contributed by atoms with Gasteiger partial charge in [-0.25, -0.2) is 4.68 Å². The Kier molecular flexibility index (Phi) is 4.39. The third-order valence-electron chi connectivity index (χ3n) is 3.36. The Morgan fingerprint density at radius 2 is 2.47 bits per heavy atom. The van der Waals surface area contributed by atoms with E-state index in [9.17, 15) is 0 Å². The van der Waals surface area contributed by atoms with E-state index in [1.165, 1.54) is 0 Å². The molecule has 2 heterocycles. The number of nitrogens with one attached hydrogen (secondary N) is 2. The number of rotatable bonds is 7. The van der Waals surface area contributed by atoms with Crippen LogP contribution in [0.2, 0.25) is 0 Å². The van der Waals surface area contributed by atoms with Crippen LogP contribution in [0.5, 0.6) is 0 Å². The normalized spacial score (nSPS) is 17.8. The smallest absolute Gasteiger partial charge is 0.124 e. The van der Waals surface area contributed by atoms with E-state index in [1.807, 2.05) is 12.3 Å². The summed E-state index contributed by atoms with van der Waals surface area (Å²) in [6, 6.07) is 2.90. The molecule has 4 N–H and O–H groups in total. The summed E-state index contributed by atoms with van der Waals surface area (Å²) >= 11 is 0.